The third kappa shape index (κ3) is 2.18. The van der Waals surface area contributed by atoms with E-state index in [1.54, 1.807) is 0 Å². The van der Waals surface area contributed by atoms with Crippen molar-refractivity contribution >= 4 is 97.5 Å². The van der Waals surface area contributed by atoms with Crippen molar-refractivity contribution in [1.29, 1.82) is 0 Å². The molecule has 154 valence electrons. The Morgan fingerprint density at radius 1 is 0.812 bits per heavy atom. The van der Waals surface area contributed by atoms with Crippen molar-refractivity contribution in [2.75, 3.05) is 6.61 Å². The molecule has 8 rings (SSSR count). The Hall–Kier alpha value is -2.64. The first-order valence-corrected chi connectivity index (χ1v) is 12.4. The van der Waals surface area contributed by atoms with Gasteiger partial charge in [0.05, 0.1) is 12.2 Å². The van der Waals surface area contributed by atoms with E-state index in [2.05, 4.69) is 68.4 Å². The maximum atomic E-state index is 6.40. The molecule has 3 aromatic heterocycles. The lowest BCUT2D eigenvalue weighted by molar-refractivity contribution is 0.137. The monoisotopic (exact) mass is 452 g/mol. The normalized spacial score (nSPS) is 16.9. The molecule has 0 aliphatic carbocycles. The van der Waals surface area contributed by atoms with E-state index in [0.29, 0.717) is 6.61 Å². The third-order valence-corrected chi connectivity index (χ3v) is 9.04. The molecule has 3 nitrogen and oxygen atoms in total. The van der Waals surface area contributed by atoms with Gasteiger partial charge in [-0.15, -0.1) is 22.7 Å². The summed E-state index contributed by atoms with van der Waals surface area (Å²) in [6, 6.07) is 19.6. The van der Waals surface area contributed by atoms with Crippen molar-refractivity contribution in [3.8, 4) is 0 Å². The quantitative estimate of drug-likeness (QED) is 0.245. The van der Waals surface area contributed by atoms with Crippen molar-refractivity contribution in [3.05, 3.63) is 54.6 Å². The van der Waals surface area contributed by atoms with E-state index in [0.717, 1.165) is 16.6 Å². The molecule has 4 heterocycles. The Balaban J connectivity index is 1.66. The van der Waals surface area contributed by atoms with E-state index < -0.39 is 0 Å². The van der Waals surface area contributed by atoms with E-state index in [4.69, 9.17) is 13.7 Å². The van der Waals surface area contributed by atoms with Crippen LogP contribution in [0.25, 0.3) is 62.3 Å². The van der Waals surface area contributed by atoms with Gasteiger partial charge in [0.1, 0.15) is 11.2 Å². The molecule has 0 saturated carbocycles. The summed E-state index contributed by atoms with van der Waals surface area (Å²) < 4.78 is 24.0. The number of furan rings is 1. The number of hydrogen-bond acceptors (Lipinski definition) is 5. The highest BCUT2D eigenvalue weighted by molar-refractivity contribution is 7.30. The summed E-state index contributed by atoms with van der Waals surface area (Å²) in [4.78, 5) is 0. The van der Waals surface area contributed by atoms with Crippen LogP contribution in [0.1, 0.15) is 13.8 Å². The third-order valence-electron chi connectivity index (χ3n) is 6.65. The van der Waals surface area contributed by atoms with Crippen molar-refractivity contribution in [2.45, 2.75) is 19.4 Å². The van der Waals surface area contributed by atoms with Gasteiger partial charge in [-0.3, -0.25) is 0 Å². The van der Waals surface area contributed by atoms with Crippen LogP contribution < -0.4 is 5.46 Å². The maximum absolute atomic E-state index is 6.40. The molecule has 4 aromatic carbocycles. The summed E-state index contributed by atoms with van der Waals surface area (Å²) in [7, 11) is -0.353. The van der Waals surface area contributed by atoms with Crippen LogP contribution in [0.15, 0.2) is 59.0 Å². The highest BCUT2D eigenvalue weighted by Gasteiger charge is 2.39. The first kappa shape index (κ1) is 17.9. The fourth-order valence-corrected chi connectivity index (χ4v) is 7.86. The van der Waals surface area contributed by atoms with E-state index in [-0.39, 0.29) is 12.7 Å². The molecule has 7 aromatic rings. The first-order chi connectivity index (χ1) is 15.6. The lowest BCUT2D eigenvalue weighted by Crippen LogP contribution is -2.34. The van der Waals surface area contributed by atoms with Crippen LogP contribution in [0.3, 0.4) is 0 Å². The molecule has 0 N–H and O–H groups in total. The molecule has 0 unspecified atom stereocenters. The smallest absolute Gasteiger partial charge is 0.456 e. The Labute approximate surface area is 191 Å². The zero-order valence-corrected chi connectivity index (χ0v) is 19.2. The summed E-state index contributed by atoms with van der Waals surface area (Å²) in [5.74, 6) is 0. The SMILES string of the molecule is CC1(C)COB(c2ccc3sc4ccc5oc6cc7ccccc7c7sc2c3c4c5c67)O1. The van der Waals surface area contributed by atoms with Gasteiger partial charge in [0, 0.05) is 45.8 Å². The van der Waals surface area contributed by atoms with Gasteiger partial charge in [0.15, 0.2) is 0 Å². The van der Waals surface area contributed by atoms with Crippen molar-refractivity contribution < 1.29 is 13.7 Å². The highest BCUT2D eigenvalue weighted by Crippen LogP contribution is 2.49. The molecule has 0 amide bonds. The van der Waals surface area contributed by atoms with Crippen LogP contribution in [-0.4, -0.2) is 19.3 Å². The Bertz CT molecular complexity index is 1860. The average Bonchev–Trinajstić information content (AvgIpc) is 3.41. The maximum Gasteiger partial charge on any atom is 0.495 e. The van der Waals surface area contributed by atoms with Gasteiger partial charge in [-0.05, 0) is 48.9 Å². The summed E-state index contributed by atoms with van der Waals surface area (Å²) in [6.45, 7) is 4.77. The number of rotatable bonds is 1. The molecular formula is C26H17BO3S2. The Morgan fingerprint density at radius 2 is 1.66 bits per heavy atom. The van der Waals surface area contributed by atoms with Crippen LogP contribution in [-0.2, 0) is 9.31 Å². The Kier molecular flexibility index (Phi) is 3.25. The number of fused-ring (bicyclic) bond motifs is 2. The highest BCUT2D eigenvalue weighted by atomic mass is 32.1. The standard InChI is InChI=1S/C26H17BO3S2/c1-26(2)12-28-27(30-26)15-7-9-19-23-22-18(31-19)10-8-16-20(22)21-17(29-16)11-13-5-3-4-6-14(13)24(21)32-25(15)23/h3-11H,12H2,1-2H3. The molecule has 0 atom stereocenters. The topological polar surface area (TPSA) is 31.6 Å². The lowest BCUT2D eigenvalue weighted by atomic mass is 9.78. The minimum absolute atomic E-state index is 0.284. The average molecular weight is 452 g/mol. The summed E-state index contributed by atoms with van der Waals surface area (Å²) in [5.41, 5.74) is 2.75. The Morgan fingerprint density at radius 3 is 2.53 bits per heavy atom. The van der Waals surface area contributed by atoms with E-state index in [9.17, 15) is 0 Å². The van der Waals surface area contributed by atoms with Crippen LogP contribution in [0.4, 0.5) is 0 Å². The summed E-state index contributed by atoms with van der Waals surface area (Å²) in [6.07, 6.45) is 0. The molecule has 0 spiro atoms. The molecule has 1 fully saturated rings. The van der Waals surface area contributed by atoms with E-state index in [1.807, 2.05) is 22.7 Å². The fourth-order valence-electron chi connectivity index (χ4n) is 5.27. The van der Waals surface area contributed by atoms with Crippen LogP contribution in [0.5, 0.6) is 0 Å². The van der Waals surface area contributed by atoms with Gasteiger partial charge in [-0.1, -0.05) is 30.3 Å². The van der Waals surface area contributed by atoms with Gasteiger partial charge in [-0.2, -0.15) is 0 Å². The fraction of sp³-hybridized carbons (Fsp3) is 0.154. The zero-order valence-electron chi connectivity index (χ0n) is 17.5. The minimum atomic E-state index is -0.353. The number of benzene rings is 4. The second kappa shape index (κ2) is 5.83. The molecule has 1 aliphatic heterocycles. The van der Waals surface area contributed by atoms with E-state index >= 15 is 0 Å². The molecule has 1 saturated heterocycles. The predicted octanol–water partition coefficient (Wildman–Crippen LogP) is 7.28. The second-order valence-corrected chi connectivity index (χ2v) is 11.4. The molecular weight excluding hydrogens is 435 g/mol. The molecule has 1 aliphatic rings. The summed E-state index contributed by atoms with van der Waals surface area (Å²) in [5, 5.41) is 7.53. The van der Waals surface area contributed by atoms with Gasteiger partial charge < -0.3 is 13.7 Å². The van der Waals surface area contributed by atoms with Gasteiger partial charge in [0.2, 0.25) is 0 Å². The molecule has 32 heavy (non-hydrogen) atoms. The molecule has 0 bridgehead atoms. The van der Waals surface area contributed by atoms with Crippen molar-refractivity contribution in [2.24, 2.45) is 0 Å². The minimum Gasteiger partial charge on any atom is -0.456 e. The van der Waals surface area contributed by atoms with Crippen LogP contribution in [0, 0.1) is 0 Å². The van der Waals surface area contributed by atoms with Gasteiger partial charge in [-0.25, -0.2) is 0 Å². The van der Waals surface area contributed by atoms with E-state index in [1.165, 1.54) is 51.1 Å². The lowest BCUT2D eigenvalue weighted by Gasteiger charge is -2.16. The zero-order chi connectivity index (χ0) is 21.2. The molecule has 6 heteroatoms. The van der Waals surface area contributed by atoms with Crippen molar-refractivity contribution in [1.82, 2.24) is 0 Å². The largest absolute Gasteiger partial charge is 0.495 e. The first-order valence-electron chi connectivity index (χ1n) is 10.8. The van der Waals surface area contributed by atoms with Crippen LogP contribution >= 0.6 is 22.7 Å². The van der Waals surface area contributed by atoms with Crippen LogP contribution in [0.2, 0.25) is 0 Å². The van der Waals surface area contributed by atoms with Crippen molar-refractivity contribution in [3.63, 3.8) is 0 Å². The summed E-state index contributed by atoms with van der Waals surface area (Å²) >= 11 is 3.69. The number of thiophene rings is 1. The number of hydrogen-bond donors (Lipinski definition) is 0. The van der Waals surface area contributed by atoms with Gasteiger partial charge in [0.25, 0.3) is 0 Å². The predicted molar refractivity (Wildman–Crippen MR) is 137 cm³/mol. The van der Waals surface area contributed by atoms with Gasteiger partial charge >= 0.3 is 7.12 Å². The molecule has 0 radical (unpaired) electrons. The second-order valence-electron chi connectivity index (χ2n) is 9.30.